The van der Waals surface area contributed by atoms with Crippen molar-refractivity contribution in [3.63, 3.8) is 0 Å². The molecule has 0 atom stereocenters. The van der Waals surface area contributed by atoms with E-state index in [1.54, 1.807) is 25.5 Å². The summed E-state index contributed by atoms with van der Waals surface area (Å²) in [5, 5.41) is 13.1. The molecule has 1 saturated heterocycles. The molecule has 1 aliphatic heterocycles. The Kier molecular flexibility index (Phi) is 6.66. The van der Waals surface area contributed by atoms with Crippen LogP contribution in [0.1, 0.15) is 16.7 Å². The Morgan fingerprint density at radius 2 is 1.86 bits per heavy atom. The average Bonchev–Trinajstić information content (AvgIpc) is 3.18. The van der Waals surface area contributed by atoms with Gasteiger partial charge in [0, 0.05) is 44.5 Å². The Balaban J connectivity index is 1.56. The van der Waals surface area contributed by atoms with Crippen LogP contribution >= 0.6 is 0 Å². The predicted molar refractivity (Wildman–Crippen MR) is 129 cm³/mol. The number of fused-ring (bicyclic) bond motifs is 1. The van der Waals surface area contributed by atoms with Crippen LogP contribution in [0.5, 0.6) is 5.75 Å². The molecule has 0 bridgehead atoms. The summed E-state index contributed by atoms with van der Waals surface area (Å²) in [6, 6.07) is 8.21. The number of nitrogens with one attached hydrogen (secondary N) is 1. The van der Waals surface area contributed by atoms with Crippen LogP contribution < -0.4 is 15.2 Å². The molecule has 1 fully saturated rings. The quantitative estimate of drug-likeness (QED) is 0.405. The van der Waals surface area contributed by atoms with Gasteiger partial charge in [0.2, 0.25) is 5.95 Å². The third-order valence-electron chi connectivity index (χ3n) is 6.20. The molecule has 1 aliphatic rings. The Morgan fingerprint density at radius 1 is 1.11 bits per heavy atom. The van der Waals surface area contributed by atoms with Crippen LogP contribution in [-0.2, 0) is 24.8 Å². The Morgan fingerprint density at radius 3 is 2.56 bits per heavy atom. The van der Waals surface area contributed by atoms with Crippen molar-refractivity contribution in [3.8, 4) is 16.9 Å². The standard InChI is InChI=1S/C25H25F2N5O4/c1-31-23(34)22-18(10-17-8-15(14-33)2-3-21(17)36-24(26)27)9-16(11-20(22)30-31)19-12-28-25(29-13-19)32-4-6-35-7-5-32/h2-3,8-9,11-13,24,30,33H,4-7,10,14H2,1H3. The van der Waals surface area contributed by atoms with Crippen molar-refractivity contribution >= 4 is 16.9 Å². The van der Waals surface area contributed by atoms with E-state index in [0.717, 1.165) is 24.2 Å². The number of benzene rings is 2. The van der Waals surface area contributed by atoms with E-state index in [2.05, 4.69) is 20.0 Å². The first-order valence-corrected chi connectivity index (χ1v) is 11.5. The summed E-state index contributed by atoms with van der Waals surface area (Å²) in [6.07, 6.45) is 3.59. The molecular formula is C25H25F2N5O4. The highest BCUT2D eigenvalue weighted by molar-refractivity contribution is 5.87. The largest absolute Gasteiger partial charge is 0.435 e. The van der Waals surface area contributed by atoms with Gasteiger partial charge in [0.1, 0.15) is 5.75 Å². The molecule has 36 heavy (non-hydrogen) atoms. The minimum Gasteiger partial charge on any atom is -0.435 e. The lowest BCUT2D eigenvalue weighted by Gasteiger charge is -2.26. The number of hydrogen-bond donors (Lipinski definition) is 2. The number of nitrogens with zero attached hydrogens (tertiary/aromatic N) is 4. The zero-order chi connectivity index (χ0) is 25.2. The Hall–Kier alpha value is -3.83. The van der Waals surface area contributed by atoms with Gasteiger partial charge in [-0.15, -0.1) is 0 Å². The first kappa shape index (κ1) is 23.9. The van der Waals surface area contributed by atoms with E-state index in [1.165, 1.54) is 16.8 Å². The lowest BCUT2D eigenvalue weighted by molar-refractivity contribution is -0.0504. The van der Waals surface area contributed by atoms with Gasteiger partial charge in [-0.25, -0.2) is 9.97 Å². The minimum absolute atomic E-state index is 0.00805. The fourth-order valence-corrected chi connectivity index (χ4v) is 4.43. The van der Waals surface area contributed by atoms with Crippen LogP contribution in [-0.4, -0.2) is 57.8 Å². The minimum atomic E-state index is -3.00. The molecule has 0 amide bonds. The molecule has 3 heterocycles. The third-order valence-corrected chi connectivity index (χ3v) is 6.20. The van der Waals surface area contributed by atoms with E-state index >= 15 is 0 Å². The molecule has 0 spiro atoms. The second-order valence-electron chi connectivity index (χ2n) is 8.56. The van der Waals surface area contributed by atoms with Crippen molar-refractivity contribution in [3.05, 3.63) is 69.8 Å². The number of morpholine rings is 1. The first-order chi connectivity index (χ1) is 17.4. The molecule has 5 rings (SSSR count). The summed E-state index contributed by atoms with van der Waals surface area (Å²) in [5.74, 6) is 0.609. The Bertz CT molecular complexity index is 1430. The van der Waals surface area contributed by atoms with Crippen LogP contribution in [0.3, 0.4) is 0 Å². The summed E-state index contributed by atoms with van der Waals surface area (Å²) < 4.78 is 37.5. The van der Waals surface area contributed by atoms with Gasteiger partial charge in [-0.3, -0.25) is 14.6 Å². The first-order valence-electron chi connectivity index (χ1n) is 11.5. The van der Waals surface area contributed by atoms with E-state index < -0.39 is 6.61 Å². The van der Waals surface area contributed by atoms with Crippen LogP contribution in [0, 0.1) is 0 Å². The van der Waals surface area contributed by atoms with Gasteiger partial charge in [0.15, 0.2) is 0 Å². The number of aliphatic hydroxyl groups excluding tert-OH is 1. The van der Waals surface area contributed by atoms with Crippen molar-refractivity contribution in [1.29, 1.82) is 0 Å². The smallest absolute Gasteiger partial charge is 0.387 e. The van der Waals surface area contributed by atoms with Crippen LogP contribution in [0.15, 0.2) is 47.5 Å². The van der Waals surface area contributed by atoms with Gasteiger partial charge in [0.05, 0.1) is 30.7 Å². The molecule has 11 heteroatoms. The van der Waals surface area contributed by atoms with Gasteiger partial charge in [0.25, 0.3) is 5.56 Å². The maximum Gasteiger partial charge on any atom is 0.387 e. The summed E-state index contributed by atoms with van der Waals surface area (Å²) in [6.45, 7) is -0.566. The number of aryl methyl sites for hydroxylation is 1. The molecule has 4 aromatic rings. The number of aliphatic hydroxyl groups is 1. The molecule has 2 aromatic carbocycles. The molecule has 2 N–H and O–H groups in total. The zero-order valence-electron chi connectivity index (χ0n) is 19.6. The molecule has 9 nitrogen and oxygen atoms in total. The van der Waals surface area contributed by atoms with Gasteiger partial charge < -0.3 is 19.5 Å². The third kappa shape index (κ3) is 4.79. The summed E-state index contributed by atoms with van der Waals surface area (Å²) in [7, 11) is 1.61. The normalized spacial score (nSPS) is 14.1. The zero-order valence-corrected chi connectivity index (χ0v) is 19.6. The molecule has 0 unspecified atom stereocenters. The van der Waals surface area contributed by atoms with Crippen LogP contribution in [0.25, 0.3) is 22.0 Å². The fourth-order valence-electron chi connectivity index (χ4n) is 4.43. The molecular weight excluding hydrogens is 472 g/mol. The highest BCUT2D eigenvalue weighted by Gasteiger charge is 2.18. The van der Waals surface area contributed by atoms with Crippen molar-refractivity contribution in [2.24, 2.45) is 7.05 Å². The summed E-state index contributed by atoms with van der Waals surface area (Å²) in [4.78, 5) is 24.0. The molecule has 0 saturated carbocycles. The van der Waals surface area contributed by atoms with Crippen molar-refractivity contribution < 1.29 is 23.4 Å². The van der Waals surface area contributed by atoms with Gasteiger partial charge >= 0.3 is 6.61 Å². The average molecular weight is 498 g/mol. The van der Waals surface area contributed by atoms with Gasteiger partial charge in [-0.05, 0) is 46.5 Å². The lowest BCUT2D eigenvalue weighted by atomic mass is 9.96. The van der Waals surface area contributed by atoms with E-state index in [1.807, 2.05) is 12.1 Å². The topological polar surface area (TPSA) is 106 Å². The highest BCUT2D eigenvalue weighted by Crippen LogP contribution is 2.30. The number of anilines is 1. The number of aromatic nitrogens is 4. The number of halogens is 2. The predicted octanol–water partition coefficient (Wildman–Crippen LogP) is 2.84. The Labute approximate surface area is 204 Å². The number of alkyl halides is 2. The fraction of sp³-hybridized carbons (Fsp3) is 0.320. The SMILES string of the molecule is Cn1[nH]c2cc(-c3cnc(N4CCOCC4)nc3)cc(Cc3cc(CO)ccc3OC(F)F)c2c1=O. The summed E-state index contributed by atoms with van der Waals surface area (Å²) >= 11 is 0. The second kappa shape index (κ2) is 10.0. The second-order valence-corrected chi connectivity index (χ2v) is 8.56. The lowest BCUT2D eigenvalue weighted by Crippen LogP contribution is -2.37. The van der Waals surface area contributed by atoms with E-state index in [-0.39, 0.29) is 24.3 Å². The van der Waals surface area contributed by atoms with E-state index in [4.69, 9.17) is 9.47 Å². The van der Waals surface area contributed by atoms with Gasteiger partial charge in [-0.2, -0.15) is 8.78 Å². The number of rotatable bonds is 7. The van der Waals surface area contributed by atoms with Crippen LogP contribution in [0.2, 0.25) is 0 Å². The number of H-pyrrole nitrogens is 1. The number of aromatic amines is 1. The van der Waals surface area contributed by atoms with Crippen molar-refractivity contribution in [1.82, 2.24) is 19.7 Å². The molecule has 188 valence electrons. The van der Waals surface area contributed by atoms with E-state index in [9.17, 15) is 18.7 Å². The molecule has 0 aliphatic carbocycles. The van der Waals surface area contributed by atoms with Crippen LogP contribution in [0.4, 0.5) is 14.7 Å². The molecule has 2 aromatic heterocycles. The van der Waals surface area contributed by atoms with E-state index in [0.29, 0.717) is 46.8 Å². The monoisotopic (exact) mass is 497 g/mol. The van der Waals surface area contributed by atoms with Crippen molar-refractivity contribution in [2.75, 3.05) is 31.2 Å². The maximum atomic E-state index is 13.0. The van der Waals surface area contributed by atoms with Gasteiger partial charge in [-0.1, -0.05) is 6.07 Å². The highest BCUT2D eigenvalue weighted by atomic mass is 19.3. The van der Waals surface area contributed by atoms with Crippen molar-refractivity contribution in [2.45, 2.75) is 19.6 Å². The maximum absolute atomic E-state index is 13.0. The number of hydrogen-bond acceptors (Lipinski definition) is 7. The number of ether oxygens (including phenoxy) is 2. The molecule has 0 radical (unpaired) electrons. The summed E-state index contributed by atoms with van der Waals surface area (Å²) in [5.41, 5.74) is 3.48.